The molecule has 110 valence electrons. The number of benzene rings is 1. The number of carbonyl (C=O) groups excluding carboxylic acids is 1. The number of anilines is 2. The Morgan fingerprint density at radius 2 is 2.15 bits per heavy atom. The first kappa shape index (κ1) is 14.8. The number of aliphatic hydroxyl groups excluding tert-OH is 1. The maximum absolute atomic E-state index is 12.1. The second-order valence-electron chi connectivity index (χ2n) is 5.31. The molecule has 1 aromatic carbocycles. The van der Waals surface area contributed by atoms with Gasteiger partial charge in [0, 0.05) is 24.0 Å². The minimum absolute atomic E-state index is 0.0593. The molecule has 0 atom stereocenters. The molecule has 0 aliphatic heterocycles. The highest BCUT2D eigenvalue weighted by Gasteiger charge is 2.23. The summed E-state index contributed by atoms with van der Waals surface area (Å²) in [5.41, 5.74) is 7.03. The molecule has 0 aromatic heterocycles. The molecule has 1 aliphatic carbocycles. The van der Waals surface area contributed by atoms with Crippen LogP contribution in [0.2, 0.25) is 0 Å². The molecule has 0 heterocycles. The first-order valence-electron chi connectivity index (χ1n) is 7.19. The summed E-state index contributed by atoms with van der Waals surface area (Å²) in [5.74, 6) is -0.0593. The molecule has 5 heteroatoms. The van der Waals surface area contributed by atoms with Crippen LogP contribution in [0.5, 0.6) is 0 Å². The zero-order chi connectivity index (χ0) is 14.4. The molecular formula is C15H23N3O2. The van der Waals surface area contributed by atoms with E-state index in [1.807, 2.05) is 12.1 Å². The maximum Gasteiger partial charge on any atom is 0.238 e. The number of hydrogen-bond donors (Lipinski definition) is 3. The Morgan fingerprint density at radius 3 is 2.80 bits per heavy atom. The van der Waals surface area contributed by atoms with E-state index in [4.69, 9.17) is 10.8 Å². The van der Waals surface area contributed by atoms with E-state index in [0.717, 1.165) is 12.8 Å². The predicted molar refractivity (Wildman–Crippen MR) is 80.4 cm³/mol. The molecule has 0 unspecified atom stereocenters. The molecule has 2 rings (SSSR count). The van der Waals surface area contributed by atoms with Crippen LogP contribution in [-0.2, 0) is 4.79 Å². The number of nitrogens with zero attached hydrogens (tertiary/aromatic N) is 1. The minimum Gasteiger partial charge on any atom is -0.399 e. The standard InChI is InChI=1S/C15H23N3O2/c16-12-4-3-5-13(10-12)17-15(20)11-18(8-9-19)14-6-1-2-7-14/h3-5,10,14,19H,1-2,6-9,11,16H2,(H,17,20). The van der Waals surface area contributed by atoms with Gasteiger partial charge in [0.25, 0.3) is 0 Å². The van der Waals surface area contributed by atoms with Crippen molar-refractivity contribution < 1.29 is 9.90 Å². The van der Waals surface area contributed by atoms with E-state index in [-0.39, 0.29) is 12.5 Å². The number of carbonyl (C=O) groups is 1. The minimum atomic E-state index is -0.0593. The molecule has 1 saturated carbocycles. The highest BCUT2D eigenvalue weighted by atomic mass is 16.3. The number of aliphatic hydroxyl groups is 1. The van der Waals surface area contributed by atoms with Crippen LogP contribution in [0.4, 0.5) is 11.4 Å². The average Bonchev–Trinajstić information content (AvgIpc) is 2.92. The predicted octanol–water partition coefficient (Wildman–Crippen LogP) is 1.44. The van der Waals surface area contributed by atoms with Gasteiger partial charge < -0.3 is 16.2 Å². The van der Waals surface area contributed by atoms with Gasteiger partial charge in [-0.15, -0.1) is 0 Å². The van der Waals surface area contributed by atoms with E-state index >= 15 is 0 Å². The van der Waals surface area contributed by atoms with Crippen LogP contribution in [0.15, 0.2) is 24.3 Å². The van der Waals surface area contributed by atoms with Crippen LogP contribution in [0.25, 0.3) is 0 Å². The van der Waals surface area contributed by atoms with Gasteiger partial charge in [0.15, 0.2) is 0 Å². The Kier molecular flexibility index (Phi) is 5.38. The van der Waals surface area contributed by atoms with Gasteiger partial charge in [0.2, 0.25) is 5.91 Å². The van der Waals surface area contributed by atoms with E-state index in [1.54, 1.807) is 12.1 Å². The Balaban J connectivity index is 1.90. The van der Waals surface area contributed by atoms with Gasteiger partial charge in [-0.05, 0) is 31.0 Å². The monoisotopic (exact) mass is 277 g/mol. The highest BCUT2D eigenvalue weighted by molar-refractivity contribution is 5.92. The fourth-order valence-electron chi connectivity index (χ4n) is 2.79. The SMILES string of the molecule is Nc1cccc(NC(=O)CN(CCO)C2CCCC2)c1. The third kappa shape index (κ3) is 4.21. The summed E-state index contributed by atoms with van der Waals surface area (Å²) in [6, 6.07) is 7.58. The topological polar surface area (TPSA) is 78.6 Å². The summed E-state index contributed by atoms with van der Waals surface area (Å²) in [5, 5.41) is 12.0. The Morgan fingerprint density at radius 1 is 1.40 bits per heavy atom. The van der Waals surface area contributed by atoms with E-state index < -0.39 is 0 Å². The van der Waals surface area contributed by atoms with E-state index in [1.165, 1.54) is 12.8 Å². The lowest BCUT2D eigenvalue weighted by Gasteiger charge is -2.27. The van der Waals surface area contributed by atoms with E-state index in [2.05, 4.69) is 10.2 Å². The van der Waals surface area contributed by atoms with Gasteiger partial charge in [0.1, 0.15) is 0 Å². The lowest BCUT2D eigenvalue weighted by atomic mass is 10.2. The van der Waals surface area contributed by atoms with Gasteiger partial charge in [-0.3, -0.25) is 9.69 Å². The fraction of sp³-hybridized carbons (Fsp3) is 0.533. The number of hydrogen-bond acceptors (Lipinski definition) is 4. The molecule has 1 fully saturated rings. The van der Waals surface area contributed by atoms with Gasteiger partial charge >= 0.3 is 0 Å². The van der Waals surface area contributed by atoms with Crippen LogP contribution >= 0.6 is 0 Å². The summed E-state index contributed by atoms with van der Waals surface area (Å²) in [6.07, 6.45) is 4.66. The Hall–Kier alpha value is -1.59. The highest BCUT2D eigenvalue weighted by Crippen LogP contribution is 2.23. The Bertz CT molecular complexity index is 444. The first-order chi connectivity index (χ1) is 9.69. The van der Waals surface area contributed by atoms with Crippen LogP contribution in [0.1, 0.15) is 25.7 Å². The largest absolute Gasteiger partial charge is 0.399 e. The van der Waals surface area contributed by atoms with Crippen molar-refractivity contribution in [2.24, 2.45) is 0 Å². The number of nitrogens with two attached hydrogens (primary N) is 1. The second-order valence-corrected chi connectivity index (χ2v) is 5.31. The third-order valence-electron chi connectivity index (χ3n) is 3.75. The fourth-order valence-corrected chi connectivity index (χ4v) is 2.79. The number of amides is 1. The van der Waals surface area contributed by atoms with Crippen molar-refractivity contribution in [2.45, 2.75) is 31.7 Å². The van der Waals surface area contributed by atoms with E-state index in [9.17, 15) is 4.79 Å². The maximum atomic E-state index is 12.1. The molecule has 20 heavy (non-hydrogen) atoms. The van der Waals surface area contributed by atoms with Crippen molar-refractivity contribution in [2.75, 3.05) is 30.7 Å². The Labute approximate surface area is 119 Å². The molecule has 0 spiro atoms. The van der Waals surface area contributed by atoms with Crippen molar-refractivity contribution in [3.63, 3.8) is 0 Å². The lowest BCUT2D eigenvalue weighted by molar-refractivity contribution is -0.118. The van der Waals surface area contributed by atoms with Crippen molar-refractivity contribution in [1.29, 1.82) is 0 Å². The zero-order valence-corrected chi connectivity index (χ0v) is 11.7. The van der Waals surface area contributed by atoms with Crippen LogP contribution < -0.4 is 11.1 Å². The number of nitrogen functional groups attached to an aromatic ring is 1. The third-order valence-corrected chi connectivity index (χ3v) is 3.75. The van der Waals surface area contributed by atoms with Gasteiger partial charge in [-0.2, -0.15) is 0 Å². The van der Waals surface area contributed by atoms with Crippen LogP contribution in [0.3, 0.4) is 0 Å². The summed E-state index contributed by atoms with van der Waals surface area (Å²) in [6.45, 7) is 0.955. The molecule has 5 nitrogen and oxygen atoms in total. The van der Waals surface area contributed by atoms with Crippen molar-refractivity contribution >= 4 is 17.3 Å². The van der Waals surface area contributed by atoms with E-state index in [0.29, 0.717) is 30.5 Å². The molecule has 0 bridgehead atoms. The molecular weight excluding hydrogens is 254 g/mol. The molecule has 1 aromatic rings. The average molecular weight is 277 g/mol. The lowest BCUT2D eigenvalue weighted by Crippen LogP contribution is -2.41. The van der Waals surface area contributed by atoms with Gasteiger partial charge in [0.05, 0.1) is 13.2 Å². The summed E-state index contributed by atoms with van der Waals surface area (Å²) >= 11 is 0. The summed E-state index contributed by atoms with van der Waals surface area (Å²) < 4.78 is 0. The molecule has 0 radical (unpaired) electrons. The van der Waals surface area contributed by atoms with Crippen LogP contribution in [0, 0.1) is 0 Å². The van der Waals surface area contributed by atoms with Crippen LogP contribution in [-0.4, -0.2) is 41.7 Å². The molecule has 1 amide bonds. The van der Waals surface area contributed by atoms with Gasteiger partial charge in [-0.25, -0.2) is 0 Å². The number of nitrogens with one attached hydrogen (secondary N) is 1. The molecule has 1 aliphatic rings. The number of rotatable bonds is 6. The normalized spacial score (nSPS) is 15.7. The second kappa shape index (κ2) is 7.26. The molecule has 0 saturated heterocycles. The molecule has 4 N–H and O–H groups in total. The van der Waals surface area contributed by atoms with Gasteiger partial charge in [-0.1, -0.05) is 18.9 Å². The van der Waals surface area contributed by atoms with Crippen molar-refractivity contribution in [1.82, 2.24) is 4.90 Å². The quantitative estimate of drug-likeness (QED) is 0.688. The smallest absolute Gasteiger partial charge is 0.238 e. The van der Waals surface area contributed by atoms with Crippen molar-refractivity contribution in [3.05, 3.63) is 24.3 Å². The first-order valence-corrected chi connectivity index (χ1v) is 7.19. The summed E-state index contributed by atoms with van der Waals surface area (Å²) in [7, 11) is 0. The zero-order valence-electron chi connectivity index (χ0n) is 11.7. The van der Waals surface area contributed by atoms with Crippen molar-refractivity contribution in [3.8, 4) is 0 Å². The summed E-state index contributed by atoms with van der Waals surface area (Å²) in [4.78, 5) is 14.2.